The first-order valence-electron chi connectivity index (χ1n) is 13.8. The number of ether oxygens (including phenoxy) is 1. The Balaban J connectivity index is 1.34. The fourth-order valence-corrected chi connectivity index (χ4v) is 5.56. The maximum atomic E-state index is 13.1. The lowest BCUT2D eigenvalue weighted by Gasteiger charge is -2.15. The van der Waals surface area contributed by atoms with Gasteiger partial charge in [0.05, 0.1) is 30.7 Å². The molecule has 3 aromatic heterocycles. The standard InChI is InChI=1S/C30H28F3N7O3/c31-30(32,33)20-9-11-35-23(15-20)38-29(42)18-5-3-17(4-6-18)25-26-27(34)36-16-22-2-1-12-43-13-10-24(41)37-21-8-7-19(14-21)28(39-25)40(22)26/h1-6,9,11,15-16,19,21H,7-8,10,12-14H2,(H2,34,36)(H,37,41)(H,35,38,42)/b2-1+/t19-,21-/m1/s1. The first-order valence-corrected chi connectivity index (χ1v) is 13.8. The fourth-order valence-electron chi connectivity index (χ4n) is 5.56. The number of aromatic nitrogens is 4. The molecule has 4 heterocycles. The van der Waals surface area contributed by atoms with Gasteiger partial charge in [0.1, 0.15) is 28.7 Å². The Kier molecular flexibility index (Phi) is 7.57. The first-order chi connectivity index (χ1) is 20.7. The number of nitrogens with one attached hydrogen (secondary N) is 2. The molecule has 4 N–H and O–H groups in total. The number of anilines is 2. The van der Waals surface area contributed by atoms with Crippen molar-refractivity contribution in [2.75, 3.05) is 24.3 Å². The van der Waals surface area contributed by atoms with Crippen LogP contribution in [0.4, 0.5) is 24.8 Å². The Morgan fingerprint density at radius 2 is 1.95 bits per heavy atom. The number of hydrogen-bond acceptors (Lipinski definition) is 7. The van der Waals surface area contributed by atoms with Crippen LogP contribution in [0.2, 0.25) is 0 Å². The molecule has 2 aliphatic rings. The molecule has 1 aliphatic heterocycles. The Morgan fingerprint density at radius 3 is 2.74 bits per heavy atom. The van der Waals surface area contributed by atoms with Crippen LogP contribution in [0.3, 0.4) is 0 Å². The van der Waals surface area contributed by atoms with Gasteiger partial charge in [0, 0.05) is 35.7 Å². The van der Waals surface area contributed by atoms with Crippen molar-refractivity contribution in [2.24, 2.45) is 0 Å². The molecule has 1 aromatic carbocycles. The molecule has 2 atom stereocenters. The predicted molar refractivity (Wildman–Crippen MR) is 153 cm³/mol. The van der Waals surface area contributed by atoms with E-state index in [-0.39, 0.29) is 35.1 Å². The van der Waals surface area contributed by atoms with Gasteiger partial charge in [-0.3, -0.25) is 14.0 Å². The maximum absolute atomic E-state index is 13.1. The van der Waals surface area contributed by atoms with E-state index in [1.165, 1.54) is 0 Å². The summed E-state index contributed by atoms with van der Waals surface area (Å²) in [4.78, 5) is 38.5. The lowest BCUT2D eigenvalue weighted by Crippen LogP contribution is -2.33. The Hall–Kier alpha value is -4.78. The summed E-state index contributed by atoms with van der Waals surface area (Å²) in [5, 5.41) is 5.52. The minimum absolute atomic E-state index is 0.0264. The van der Waals surface area contributed by atoms with Crippen LogP contribution in [-0.4, -0.2) is 50.4 Å². The lowest BCUT2D eigenvalue weighted by atomic mass is 10.1. The summed E-state index contributed by atoms with van der Waals surface area (Å²) in [6.07, 6.45) is 4.52. The summed E-state index contributed by atoms with van der Waals surface area (Å²) in [6, 6.07) is 8.17. The Labute approximate surface area is 244 Å². The second kappa shape index (κ2) is 11.5. The van der Waals surface area contributed by atoms with Gasteiger partial charge in [-0.2, -0.15) is 13.2 Å². The SMILES string of the molecule is Nc1ncc2n3c(nc(-c4ccc(C(=O)Nc5cc(C(F)(F)F)ccn5)cc4)c13)[C@@H]1CC[C@H](C1)NC(=O)CCOC/C=C/2. The number of carbonyl (C=O) groups is 2. The van der Waals surface area contributed by atoms with Crippen LogP contribution in [0.5, 0.6) is 0 Å². The van der Waals surface area contributed by atoms with Crippen molar-refractivity contribution < 1.29 is 27.5 Å². The Bertz CT molecular complexity index is 1720. The van der Waals surface area contributed by atoms with Crippen LogP contribution >= 0.6 is 0 Å². The number of benzene rings is 1. The van der Waals surface area contributed by atoms with Gasteiger partial charge in [0.2, 0.25) is 5.91 Å². The molecule has 10 nitrogen and oxygen atoms in total. The summed E-state index contributed by atoms with van der Waals surface area (Å²) >= 11 is 0. The first kappa shape index (κ1) is 28.3. The molecular weight excluding hydrogens is 563 g/mol. The number of halogens is 3. The van der Waals surface area contributed by atoms with Crippen molar-refractivity contribution in [3.8, 4) is 11.3 Å². The van der Waals surface area contributed by atoms with Crippen molar-refractivity contribution in [1.29, 1.82) is 0 Å². The highest BCUT2D eigenvalue weighted by atomic mass is 19.4. The van der Waals surface area contributed by atoms with Gasteiger partial charge in [-0.25, -0.2) is 15.0 Å². The van der Waals surface area contributed by atoms with E-state index in [1.54, 1.807) is 30.5 Å². The summed E-state index contributed by atoms with van der Waals surface area (Å²) < 4.78 is 46.8. The number of nitrogens with two attached hydrogens (primary N) is 1. The zero-order valence-electron chi connectivity index (χ0n) is 22.9. The summed E-state index contributed by atoms with van der Waals surface area (Å²) in [7, 11) is 0. The van der Waals surface area contributed by atoms with Crippen LogP contribution in [0.25, 0.3) is 22.9 Å². The fraction of sp³-hybridized carbons (Fsp3) is 0.300. The van der Waals surface area contributed by atoms with Crippen LogP contribution in [0.1, 0.15) is 59.0 Å². The monoisotopic (exact) mass is 591 g/mol. The van der Waals surface area contributed by atoms with E-state index in [9.17, 15) is 22.8 Å². The van der Waals surface area contributed by atoms with Crippen molar-refractivity contribution in [1.82, 2.24) is 24.7 Å². The molecule has 2 amide bonds. The number of alkyl halides is 3. The summed E-state index contributed by atoms with van der Waals surface area (Å²) in [5.41, 5.74) is 8.37. The molecule has 6 rings (SSSR count). The topological polar surface area (TPSA) is 137 Å². The summed E-state index contributed by atoms with van der Waals surface area (Å²) in [5.74, 6) is 0.280. The third-order valence-corrected chi connectivity index (χ3v) is 7.63. The molecule has 0 unspecified atom stereocenters. The van der Waals surface area contributed by atoms with Gasteiger partial charge in [0.25, 0.3) is 5.91 Å². The number of nitrogens with zero attached hydrogens (tertiary/aromatic N) is 4. The third kappa shape index (κ3) is 5.93. The minimum Gasteiger partial charge on any atom is -0.382 e. The van der Waals surface area contributed by atoms with Gasteiger partial charge in [-0.05, 0) is 49.6 Å². The smallest absolute Gasteiger partial charge is 0.382 e. The second-order valence-electron chi connectivity index (χ2n) is 10.5. The minimum atomic E-state index is -4.56. The maximum Gasteiger partial charge on any atom is 0.416 e. The average Bonchev–Trinajstić information content (AvgIpc) is 3.61. The molecule has 0 saturated heterocycles. The molecule has 43 heavy (non-hydrogen) atoms. The molecule has 13 heteroatoms. The zero-order chi connectivity index (χ0) is 30.1. The van der Waals surface area contributed by atoms with Gasteiger partial charge >= 0.3 is 6.18 Å². The second-order valence-corrected chi connectivity index (χ2v) is 10.5. The highest BCUT2D eigenvalue weighted by Crippen LogP contribution is 2.39. The molecule has 0 radical (unpaired) electrons. The number of pyridine rings is 1. The third-order valence-electron chi connectivity index (χ3n) is 7.63. The number of carbonyl (C=O) groups excluding carboxylic acids is 2. The van der Waals surface area contributed by atoms with Crippen LogP contribution in [-0.2, 0) is 15.7 Å². The largest absolute Gasteiger partial charge is 0.416 e. The van der Waals surface area contributed by atoms with E-state index in [0.29, 0.717) is 36.4 Å². The predicted octanol–water partition coefficient (Wildman–Crippen LogP) is 4.83. The number of rotatable bonds is 3. The van der Waals surface area contributed by atoms with Crippen LogP contribution in [0, 0.1) is 0 Å². The highest BCUT2D eigenvalue weighted by molar-refractivity contribution is 6.04. The van der Waals surface area contributed by atoms with Crippen molar-refractivity contribution in [3.63, 3.8) is 0 Å². The number of hydrogen-bond donors (Lipinski definition) is 3. The molecule has 1 fully saturated rings. The van der Waals surface area contributed by atoms with E-state index in [4.69, 9.17) is 15.5 Å². The van der Waals surface area contributed by atoms with E-state index < -0.39 is 17.6 Å². The van der Waals surface area contributed by atoms with Gasteiger partial charge in [0.15, 0.2) is 0 Å². The molecule has 2 bridgehead atoms. The number of fused-ring (bicyclic) bond motifs is 3. The zero-order valence-corrected chi connectivity index (χ0v) is 22.9. The molecule has 0 spiro atoms. The van der Waals surface area contributed by atoms with E-state index >= 15 is 0 Å². The normalized spacial score (nSPS) is 19.9. The average molecular weight is 592 g/mol. The number of amides is 2. The summed E-state index contributed by atoms with van der Waals surface area (Å²) in [6.45, 7) is 0.648. The van der Waals surface area contributed by atoms with Gasteiger partial charge in [-0.15, -0.1) is 0 Å². The van der Waals surface area contributed by atoms with Crippen molar-refractivity contribution in [3.05, 3.63) is 77.5 Å². The number of imidazole rings is 1. The van der Waals surface area contributed by atoms with E-state index in [2.05, 4.69) is 20.6 Å². The Morgan fingerprint density at radius 1 is 1.14 bits per heavy atom. The van der Waals surface area contributed by atoms with Crippen LogP contribution < -0.4 is 16.4 Å². The molecule has 1 aliphatic carbocycles. The molecule has 1 saturated carbocycles. The highest BCUT2D eigenvalue weighted by Gasteiger charge is 2.33. The van der Waals surface area contributed by atoms with E-state index in [1.807, 2.05) is 16.6 Å². The van der Waals surface area contributed by atoms with E-state index in [0.717, 1.165) is 49.1 Å². The quantitative estimate of drug-likeness (QED) is 0.310. The van der Waals surface area contributed by atoms with Crippen molar-refractivity contribution >= 4 is 35.0 Å². The molecular formula is C30H28F3N7O3. The molecule has 222 valence electrons. The van der Waals surface area contributed by atoms with Gasteiger partial charge < -0.3 is 21.1 Å². The number of nitrogen functional groups attached to an aromatic ring is 1. The van der Waals surface area contributed by atoms with Crippen molar-refractivity contribution in [2.45, 2.75) is 43.8 Å². The lowest BCUT2D eigenvalue weighted by molar-refractivity contribution is -0.137. The van der Waals surface area contributed by atoms with Gasteiger partial charge in [-0.1, -0.05) is 18.2 Å². The van der Waals surface area contributed by atoms with Crippen LogP contribution in [0.15, 0.2) is 54.9 Å². The molecule has 4 aromatic rings.